The Labute approximate surface area is 217 Å². The number of hydrogen-bond donors (Lipinski definition) is 2. The van der Waals surface area contributed by atoms with Gasteiger partial charge >= 0.3 is 12.4 Å². The molecule has 4 nitrogen and oxygen atoms in total. The first kappa shape index (κ1) is 29.8. The van der Waals surface area contributed by atoms with Crippen molar-refractivity contribution >= 4 is 40.7 Å². The number of amides is 2. The van der Waals surface area contributed by atoms with Gasteiger partial charge < -0.3 is 10.6 Å². The molecule has 3 unspecified atom stereocenters. The molecule has 16 heteroatoms. The maximum absolute atomic E-state index is 14.0. The minimum atomic E-state index is -5.15. The van der Waals surface area contributed by atoms with Gasteiger partial charge in [-0.15, -0.1) is 23.2 Å². The summed E-state index contributed by atoms with van der Waals surface area (Å²) in [5, 5.41) is 3.96. The molecule has 3 rings (SSSR count). The lowest BCUT2D eigenvalue weighted by molar-refractivity contribution is -0.143. The summed E-state index contributed by atoms with van der Waals surface area (Å²) in [5.74, 6) is -6.75. The molecule has 0 aromatic heterocycles. The van der Waals surface area contributed by atoms with Crippen molar-refractivity contribution in [3.63, 3.8) is 0 Å². The molecule has 0 bridgehead atoms. The predicted octanol–water partition coefficient (Wildman–Crippen LogP) is 6.61. The Balaban J connectivity index is 1.81. The summed E-state index contributed by atoms with van der Waals surface area (Å²) in [6.45, 7) is -0.757. The van der Waals surface area contributed by atoms with E-state index < -0.39 is 82.0 Å². The Morgan fingerprint density at radius 1 is 0.921 bits per heavy atom. The van der Waals surface area contributed by atoms with Crippen LogP contribution in [0.25, 0.3) is 0 Å². The highest BCUT2D eigenvalue weighted by Crippen LogP contribution is 2.65. The molecular weight excluding hydrogens is 585 g/mol. The van der Waals surface area contributed by atoms with Crippen molar-refractivity contribution in [2.45, 2.75) is 41.7 Å². The Hall–Kier alpha value is -2.74. The van der Waals surface area contributed by atoms with Gasteiger partial charge in [0.05, 0.1) is 17.0 Å². The minimum Gasteiger partial charge on any atom is -0.349 e. The van der Waals surface area contributed by atoms with E-state index in [1.165, 1.54) is 0 Å². The number of alkyl halides is 11. The van der Waals surface area contributed by atoms with Gasteiger partial charge in [0.15, 0.2) is 0 Å². The molecule has 0 saturated heterocycles. The standard InChI is InChI=1S/C22H14Cl2F10N2O2/c23-20(24)14(8-3-10(21(29,30)31)6-11(4-8)22(32,33)34)15(20)18(37)36-12-1-2-13(25)9(5-12)7-35-19(38)16(26)17(27)28/h1-6,14-17H,7H2,(H,35,38)(H,36,37). The van der Waals surface area contributed by atoms with Crippen LogP contribution >= 0.6 is 23.2 Å². The minimum absolute atomic E-state index is 0.101. The zero-order valence-electron chi connectivity index (χ0n) is 18.3. The van der Waals surface area contributed by atoms with E-state index in [9.17, 15) is 53.5 Å². The van der Waals surface area contributed by atoms with Gasteiger partial charge in [0.1, 0.15) is 10.2 Å². The second-order valence-electron chi connectivity index (χ2n) is 8.22. The van der Waals surface area contributed by atoms with E-state index in [1.54, 1.807) is 5.32 Å². The van der Waals surface area contributed by atoms with Gasteiger partial charge in [0.2, 0.25) is 12.1 Å². The van der Waals surface area contributed by atoms with Crippen molar-refractivity contribution in [3.05, 3.63) is 64.5 Å². The van der Waals surface area contributed by atoms with E-state index in [0.717, 1.165) is 18.2 Å². The number of hydrogen-bond acceptors (Lipinski definition) is 2. The molecule has 2 amide bonds. The van der Waals surface area contributed by atoms with E-state index >= 15 is 0 Å². The third-order valence-corrected chi connectivity index (χ3v) is 6.48. The molecule has 1 aliphatic rings. The highest BCUT2D eigenvalue weighted by Gasteiger charge is 2.68. The number of halogens is 12. The first-order chi connectivity index (χ1) is 17.3. The van der Waals surface area contributed by atoms with Crippen molar-refractivity contribution in [2.75, 3.05) is 5.32 Å². The summed E-state index contributed by atoms with van der Waals surface area (Å²) in [7, 11) is 0. The Kier molecular flexibility index (Phi) is 8.19. The lowest BCUT2D eigenvalue weighted by atomic mass is 10.0. The first-order valence-corrected chi connectivity index (χ1v) is 11.1. The SMILES string of the molecule is O=C(NCc1cc(NC(=O)C2C(c3cc(C(F)(F)F)cc(C(F)(F)F)c3)C2(Cl)Cl)ccc1F)C(F)C(F)F. The normalized spacial score (nSPS) is 19.7. The molecule has 2 aromatic carbocycles. The molecule has 38 heavy (non-hydrogen) atoms. The van der Waals surface area contributed by atoms with E-state index in [-0.39, 0.29) is 17.3 Å². The second kappa shape index (κ2) is 10.4. The topological polar surface area (TPSA) is 58.2 Å². The van der Waals surface area contributed by atoms with Gasteiger partial charge in [-0.25, -0.2) is 17.6 Å². The van der Waals surface area contributed by atoms with E-state index in [4.69, 9.17) is 23.2 Å². The van der Waals surface area contributed by atoms with E-state index in [1.807, 2.05) is 0 Å². The molecule has 2 aromatic rings. The largest absolute Gasteiger partial charge is 0.416 e. The lowest BCUT2D eigenvalue weighted by Gasteiger charge is -2.14. The fraction of sp³-hybridized carbons (Fsp3) is 0.364. The Morgan fingerprint density at radius 2 is 1.47 bits per heavy atom. The van der Waals surface area contributed by atoms with Crippen LogP contribution < -0.4 is 10.6 Å². The van der Waals surface area contributed by atoms with Crippen LogP contribution in [0.5, 0.6) is 0 Å². The van der Waals surface area contributed by atoms with Crippen LogP contribution in [-0.2, 0) is 28.5 Å². The average molecular weight is 599 g/mol. The summed E-state index contributed by atoms with van der Waals surface area (Å²) < 4.78 is 129. The number of benzene rings is 2. The van der Waals surface area contributed by atoms with Crippen LogP contribution in [0.4, 0.5) is 49.6 Å². The zero-order valence-corrected chi connectivity index (χ0v) is 19.8. The van der Waals surface area contributed by atoms with Crippen molar-refractivity contribution in [1.29, 1.82) is 0 Å². The monoisotopic (exact) mass is 598 g/mol. The van der Waals surface area contributed by atoms with Gasteiger partial charge in [0, 0.05) is 23.7 Å². The van der Waals surface area contributed by atoms with Gasteiger partial charge in [0.25, 0.3) is 12.3 Å². The van der Waals surface area contributed by atoms with Crippen LogP contribution in [0.1, 0.15) is 28.2 Å². The third kappa shape index (κ3) is 6.45. The van der Waals surface area contributed by atoms with Crippen LogP contribution in [0.3, 0.4) is 0 Å². The number of nitrogens with one attached hydrogen (secondary N) is 2. The summed E-state index contributed by atoms with van der Waals surface area (Å²) in [6, 6.07) is 3.40. The average Bonchev–Trinajstić information content (AvgIpc) is 3.39. The highest BCUT2D eigenvalue weighted by atomic mass is 35.5. The van der Waals surface area contributed by atoms with Crippen molar-refractivity contribution < 1.29 is 53.5 Å². The number of carbonyl (C=O) groups is 2. The van der Waals surface area contributed by atoms with Crippen LogP contribution in [0.15, 0.2) is 36.4 Å². The number of carbonyl (C=O) groups excluding carboxylic acids is 2. The van der Waals surface area contributed by atoms with Crippen LogP contribution in [0, 0.1) is 11.7 Å². The summed E-state index contributed by atoms with van der Waals surface area (Å²) >= 11 is 12.1. The molecule has 208 valence electrons. The molecule has 0 heterocycles. The molecule has 1 saturated carbocycles. The molecular formula is C22H14Cl2F10N2O2. The number of anilines is 1. The maximum Gasteiger partial charge on any atom is 0.416 e. The molecule has 0 radical (unpaired) electrons. The van der Waals surface area contributed by atoms with Gasteiger partial charge in [-0.05, 0) is 42.0 Å². The third-order valence-electron chi connectivity index (χ3n) is 5.54. The number of rotatable bonds is 7. The maximum atomic E-state index is 14.0. The molecule has 1 aliphatic carbocycles. The van der Waals surface area contributed by atoms with E-state index in [2.05, 4.69) is 5.32 Å². The van der Waals surface area contributed by atoms with Crippen LogP contribution in [0.2, 0.25) is 0 Å². The zero-order chi connectivity index (χ0) is 28.8. The van der Waals surface area contributed by atoms with Gasteiger partial charge in [-0.1, -0.05) is 0 Å². The fourth-order valence-electron chi connectivity index (χ4n) is 3.63. The first-order valence-electron chi connectivity index (χ1n) is 10.3. The summed E-state index contributed by atoms with van der Waals surface area (Å²) in [5.41, 5.74) is -4.42. The second-order valence-corrected chi connectivity index (χ2v) is 9.66. The van der Waals surface area contributed by atoms with Gasteiger partial charge in [-0.2, -0.15) is 26.3 Å². The summed E-state index contributed by atoms with van der Waals surface area (Å²) in [4.78, 5) is 24.1. The van der Waals surface area contributed by atoms with Gasteiger partial charge in [-0.3, -0.25) is 9.59 Å². The summed E-state index contributed by atoms with van der Waals surface area (Å²) in [6.07, 6.45) is -17.1. The molecule has 0 spiro atoms. The molecule has 1 fully saturated rings. The quantitative estimate of drug-likeness (QED) is 0.278. The fourth-order valence-corrected chi connectivity index (χ4v) is 4.46. The van der Waals surface area contributed by atoms with Crippen molar-refractivity contribution in [1.82, 2.24) is 5.32 Å². The highest BCUT2D eigenvalue weighted by molar-refractivity contribution is 6.53. The van der Waals surface area contributed by atoms with Crippen molar-refractivity contribution in [3.8, 4) is 0 Å². The van der Waals surface area contributed by atoms with Crippen molar-refractivity contribution in [2.24, 2.45) is 5.92 Å². The lowest BCUT2D eigenvalue weighted by Crippen LogP contribution is -2.35. The smallest absolute Gasteiger partial charge is 0.349 e. The van der Waals surface area contributed by atoms with E-state index in [0.29, 0.717) is 12.1 Å². The molecule has 3 atom stereocenters. The van der Waals surface area contributed by atoms with Crippen LogP contribution in [-0.4, -0.2) is 28.7 Å². The Bertz CT molecular complexity index is 1200. The predicted molar refractivity (Wildman–Crippen MR) is 115 cm³/mol. The molecule has 2 N–H and O–H groups in total. The molecule has 0 aliphatic heterocycles. The Morgan fingerprint density at radius 3 is 1.97 bits per heavy atom.